The molecule has 6 nitrogen and oxygen atoms in total. The second-order valence-electron chi connectivity index (χ2n) is 14.5. The van der Waals surface area contributed by atoms with Crippen molar-refractivity contribution in [3.05, 3.63) is 36.0 Å². The van der Waals surface area contributed by atoms with Crippen molar-refractivity contribution in [3.8, 4) is 0 Å². The summed E-state index contributed by atoms with van der Waals surface area (Å²) in [6, 6.07) is 8.26. The maximum Gasteiger partial charge on any atom is 0.220 e. The van der Waals surface area contributed by atoms with Crippen LogP contribution < -0.4 is 5.32 Å². The second-order valence-corrected chi connectivity index (χ2v) is 14.5. The molecule has 0 aliphatic heterocycles. The molecule has 1 aromatic heterocycles. The zero-order valence-electron chi connectivity index (χ0n) is 24.6. The molecular formula is C34H50N2O4. The Bertz CT molecular complexity index is 1210. The lowest BCUT2D eigenvalue weighted by atomic mass is 9.43. The number of carbonyl (C=O) groups excluding carboxylic acids is 1. The van der Waals surface area contributed by atoms with Gasteiger partial charge in [-0.1, -0.05) is 39.0 Å². The molecule has 0 saturated heterocycles. The van der Waals surface area contributed by atoms with Gasteiger partial charge in [0, 0.05) is 30.1 Å². The number of hydrogen-bond donors (Lipinski definition) is 5. The van der Waals surface area contributed by atoms with Gasteiger partial charge in [-0.25, -0.2) is 0 Å². The van der Waals surface area contributed by atoms with Gasteiger partial charge >= 0.3 is 0 Å². The minimum absolute atomic E-state index is 0.0971. The fraction of sp³-hybridized carbons (Fsp3) is 0.735. The highest BCUT2D eigenvalue weighted by Gasteiger charge is 2.65. The molecule has 4 aliphatic carbocycles. The van der Waals surface area contributed by atoms with E-state index in [0.29, 0.717) is 42.6 Å². The molecule has 5 N–H and O–H groups in total. The second kappa shape index (κ2) is 10.7. The Labute approximate surface area is 239 Å². The van der Waals surface area contributed by atoms with E-state index in [-0.39, 0.29) is 41.0 Å². The third-order valence-corrected chi connectivity index (χ3v) is 12.7. The van der Waals surface area contributed by atoms with Crippen molar-refractivity contribution < 1.29 is 20.1 Å². The zero-order valence-corrected chi connectivity index (χ0v) is 24.6. The number of aromatic amines is 1. The summed E-state index contributed by atoms with van der Waals surface area (Å²) in [7, 11) is 0. The van der Waals surface area contributed by atoms with Crippen LogP contribution in [0, 0.1) is 46.3 Å². The van der Waals surface area contributed by atoms with Crippen LogP contribution in [-0.2, 0) is 11.2 Å². The Kier molecular flexibility index (Phi) is 7.59. The summed E-state index contributed by atoms with van der Waals surface area (Å²) in [5.74, 6) is 2.02. The van der Waals surface area contributed by atoms with E-state index in [2.05, 4.69) is 43.2 Å². The molecule has 11 atom stereocenters. The Morgan fingerprint density at radius 1 is 1.07 bits per heavy atom. The van der Waals surface area contributed by atoms with Crippen LogP contribution in [0.15, 0.2) is 30.5 Å². The molecule has 0 spiro atoms. The molecule has 2 aromatic rings. The van der Waals surface area contributed by atoms with Crippen molar-refractivity contribution in [1.82, 2.24) is 10.3 Å². The number of nitrogens with one attached hydrogen (secondary N) is 2. The summed E-state index contributed by atoms with van der Waals surface area (Å²) < 4.78 is 0. The molecule has 1 heterocycles. The summed E-state index contributed by atoms with van der Waals surface area (Å²) in [6.45, 7) is 7.58. The molecule has 1 aromatic carbocycles. The quantitative estimate of drug-likeness (QED) is 0.327. The number of carbonyl (C=O) groups is 1. The monoisotopic (exact) mass is 550 g/mol. The van der Waals surface area contributed by atoms with Crippen molar-refractivity contribution >= 4 is 16.8 Å². The number of benzene rings is 1. The Hall–Kier alpha value is -1.89. The number of amides is 1. The van der Waals surface area contributed by atoms with Gasteiger partial charge in [0.25, 0.3) is 0 Å². The smallest absolute Gasteiger partial charge is 0.220 e. The lowest BCUT2D eigenvalue weighted by Crippen LogP contribution is -2.62. The largest absolute Gasteiger partial charge is 0.393 e. The van der Waals surface area contributed by atoms with Crippen LogP contribution in [0.2, 0.25) is 0 Å². The minimum Gasteiger partial charge on any atom is -0.393 e. The van der Waals surface area contributed by atoms with Gasteiger partial charge in [0.1, 0.15) is 0 Å². The van der Waals surface area contributed by atoms with Gasteiger partial charge in [-0.15, -0.1) is 0 Å². The number of aliphatic hydroxyl groups excluding tert-OH is 3. The first-order valence-corrected chi connectivity index (χ1v) is 16.0. The number of H-pyrrole nitrogens is 1. The van der Waals surface area contributed by atoms with Crippen LogP contribution in [0.4, 0.5) is 0 Å². The molecule has 0 bridgehead atoms. The third kappa shape index (κ3) is 4.62. The number of para-hydroxylation sites is 1. The van der Waals surface area contributed by atoms with Gasteiger partial charge in [0.2, 0.25) is 5.91 Å². The molecule has 4 fully saturated rings. The van der Waals surface area contributed by atoms with Crippen LogP contribution in [0.1, 0.15) is 84.1 Å². The van der Waals surface area contributed by atoms with Crippen LogP contribution in [0.25, 0.3) is 10.9 Å². The molecule has 4 saturated carbocycles. The Morgan fingerprint density at radius 3 is 2.70 bits per heavy atom. The van der Waals surface area contributed by atoms with Crippen LogP contribution >= 0.6 is 0 Å². The van der Waals surface area contributed by atoms with E-state index >= 15 is 0 Å². The highest BCUT2D eigenvalue weighted by Crippen LogP contribution is 2.68. The predicted octanol–water partition coefficient (Wildman–Crippen LogP) is 5.20. The molecule has 40 heavy (non-hydrogen) atoms. The highest BCUT2D eigenvalue weighted by atomic mass is 16.3. The van der Waals surface area contributed by atoms with Crippen molar-refractivity contribution in [2.75, 3.05) is 6.54 Å². The van der Waals surface area contributed by atoms with E-state index in [1.54, 1.807) is 0 Å². The normalized spacial score (nSPS) is 41.6. The standard InChI is InChI=1S/C34H50N2O4/c1-20(8-11-31(40)35-15-13-21-19-36-28-7-5-4-6-24(21)28)25-9-10-26-32-27(18-30(39)34(25,26)3)33(2)14-12-23(37)16-22(33)17-29(32)38/h4-7,19-20,22-23,25-27,29-30,32,36-39H,8-18H2,1-3H3,(H,35,40)/t20-,22+,23-,25-,26+,27+,29-,30+,32+,33+,34-/m1/s1. The van der Waals surface area contributed by atoms with E-state index < -0.39 is 0 Å². The van der Waals surface area contributed by atoms with Gasteiger partial charge in [0.05, 0.1) is 18.3 Å². The fourth-order valence-electron chi connectivity index (χ4n) is 10.5. The van der Waals surface area contributed by atoms with Gasteiger partial charge in [-0.05, 0) is 116 Å². The van der Waals surface area contributed by atoms with Gasteiger partial charge < -0.3 is 25.6 Å². The molecular weight excluding hydrogens is 500 g/mol. The number of fused-ring (bicyclic) bond motifs is 6. The molecule has 4 aliphatic rings. The maximum atomic E-state index is 12.8. The number of aliphatic hydroxyl groups is 3. The Balaban J connectivity index is 1.06. The van der Waals surface area contributed by atoms with Gasteiger partial charge in [0.15, 0.2) is 0 Å². The SMILES string of the molecule is C[C@H](CCC(=O)NCCc1c[nH]c2ccccc12)[C@H]1CC[C@H]2[C@@H]3[C@H](O)C[C@@H]4C[C@H](O)CC[C@]4(C)[C@H]3C[C@H](O)[C@]12C. The summed E-state index contributed by atoms with van der Waals surface area (Å²) in [6.07, 6.45) is 9.51. The van der Waals surface area contributed by atoms with Crippen LogP contribution in [-0.4, -0.2) is 51.1 Å². The average Bonchev–Trinajstić information content (AvgIpc) is 3.51. The summed E-state index contributed by atoms with van der Waals surface area (Å²) >= 11 is 0. The van der Waals surface area contributed by atoms with E-state index in [4.69, 9.17) is 0 Å². The molecule has 1 amide bonds. The van der Waals surface area contributed by atoms with Gasteiger partial charge in [-0.2, -0.15) is 0 Å². The van der Waals surface area contributed by atoms with Gasteiger partial charge in [-0.3, -0.25) is 4.79 Å². The van der Waals surface area contributed by atoms with Crippen molar-refractivity contribution in [1.29, 1.82) is 0 Å². The first-order chi connectivity index (χ1) is 19.1. The molecule has 0 unspecified atom stereocenters. The molecule has 0 radical (unpaired) electrons. The Morgan fingerprint density at radius 2 is 1.88 bits per heavy atom. The lowest BCUT2D eigenvalue weighted by molar-refractivity contribution is -0.207. The highest BCUT2D eigenvalue weighted by molar-refractivity contribution is 5.83. The van der Waals surface area contributed by atoms with Crippen molar-refractivity contribution in [3.63, 3.8) is 0 Å². The summed E-state index contributed by atoms with van der Waals surface area (Å²) in [5.41, 5.74) is 2.24. The van der Waals surface area contributed by atoms with E-state index in [1.807, 2.05) is 18.3 Å². The van der Waals surface area contributed by atoms with Crippen LogP contribution in [0.5, 0.6) is 0 Å². The third-order valence-electron chi connectivity index (χ3n) is 12.7. The van der Waals surface area contributed by atoms with Crippen molar-refractivity contribution in [2.45, 2.75) is 103 Å². The lowest BCUT2D eigenvalue weighted by Gasteiger charge is -2.63. The average molecular weight is 551 g/mol. The topological polar surface area (TPSA) is 106 Å². The summed E-state index contributed by atoms with van der Waals surface area (Å²) in [4.78, 5) is 16.1. The van der Waals surface area contributed by atoms with E-state index in [1.165, 1.54) is 10.9 Å². The number of hydrogen-bond acceptors (Lipinski definition) is 4. The molecule has 6 rings (SSSR count). The number of aromatic nitrogens is 1. The first kappa shape index (κ1) is 28.2. The summed E-state index contributed by atoms with van der Waals surface area (Å²) in [5, 5.41) is 38.0. The van der Waals surface area contributed by atoms with E-state index in [0.717, 1.165) is 63.3 Å². The predicted molar refractivity (Wildman–Crippen MR) is 157 cm³/mol. The van der Waals surface area contributed by atoms with Crippen LogP contribution in [0.3, 0.4) is 0 Å². The van der Waals surface area contributed by atoms with E-state index in [9.17, 15) is 20.1 Å². The first-order valence-electron chi connectivity index (χ1n) is 16.0. The fourth-order valence-corrected chi connectivity index (χ4v) is 10.5. The zero-order chi connectivity index (χ0) is 28.2. The molecule has 6 heteroatoms. The maximum absolute atomic E-state index is 12.8. The molecule has 220 valence electrons. The minimum atomic E-state index is -0.381. The number of rotatable bonds is 7. The van der Waals surface area contributed by atoms with Crippen molar-refractivity contribution in [2.24, 2.45) is 46.3 Å².